The predicted octanol–water partition coefficient (Wildman–Crippen LogP) is 6.43. The van der Waals surface area contributed by atoms with E-state index in [0.29, 0.717) is 21.4 Å². The van der Waals surface area contributed by atoms with E-state index >= 15 is 0 Å². The molecule has 0 bridgehead atoms. The summed E-state index contributed by atoms with van der Waals surface area (Å²) in [5.74, 6) is -3.59. The number of rotatable bonds is 10. The molecule has 0 spiro atoms. The smallest absolute Gasteiger partial charge is 0.339 e. The van der Waals surface area contributed by atoms with Gasteiger partial charge >= 0.3 is 17.9 Å². The molecule has 6 rings (SSSR count). The molecule has 51 heavy (non-hydrogen) atoms. The molecule has 0 aliphatic rings. The average molecular weight is 756 g/mol. The molecule has 0 saturated heterocycles. The van der Waals surface area contributed by atoms with Crippen LogP contribution in [0.2, 0.25) is 0 Å². The molecule has 3 aromatic carbocycles. The fraction of sp³-hybridized carbons (Fsp3) is 0.162. The van der Waals surface area contributed by atoms with Gasteiger partial charge in [-0.15, -0.1) is 0 Å². The summed E-state index contributed by atoms with van der Waals surface area (Å²) >= 11 is 3.41. The molecule has 13 nitrogen and oxygen atoms in total. The Labute approximate surface area is 297 Å². The molecule has 4 N–H and O–H groups in total. The van der Waals surface area contributed by atoms with Gasteiger partial charge in [0.15, 0.2) is 0 Å². The Bertz CT molecular complexity index is 2350. The van der Waals surface area contributed by atoms with E-state index in [1.807, 2.05) is 0 Å². The number of aromatic amines is 2. The number of furan rings is 1. The maximum absolute atomic E-state index is 14.3. The monoisotopic (exact) mass is 754 g/mol. The van der Waals surface area contributed by atoms with Gasteiger partial charge in [0.1, 0.15) is 11.5 Å². The summed E-state index contributed by atoms with van der Waals surface area (Å²) in [4.78, 5) is 65.2. The van der Waals surface area contributed by atoms with E-state index < -0.39 is 34.9 Å². The van der Waals surface area contributed by atoms with Gasteiger partial charge in [0, 0.05) is 21.4 Å². The van der Waals surface area contributed by atoms with Gasteiger partial charge in [0.05, 0.1) is 51.2 Å². The SMILES string of the molecule is Cc1[nH]n(-c2cccc(C(=O)O)c2)c(=O)c1C(c1ccc(-c2ccc(Br)cc2C(=O)OC(C)C)o1)c1c(C)[nH]n(-c2cccc(C(=O)O)c2)c1=O. The zero-order chi connectivity index (χ0) is 36.7. The topological polar surface area (TPSA) is 190 Å². The van der Waals surface area contributed by atoms with Gasteiger partial charge < -0.3 is 19.4 Å². The maximum Gasteiger partial charge on any atom is 0.339 e. The normalized spacial score (nSPS) is 11.4. The molecule has 0 radical (unpaired) electrons. The predicted molar refractivity (Wildman–Crippen MR) is 190 cm³/mol. The maximum atomic E-state index is 14.3. The summed E-state index contributed by atoms with van der Waals surface area (Å²) in [6.07, 6.45) is -0.384. The van der Waals surface area contributed by atoms with Gasteiger partial charge in [-0.3, -0.25) is 19.8 Å². The molecule has 0 aliphatic carbocycles. The van der Waals surface area contributed by atoms with E-state index in [0.717, 1.165) is 0 Å². The number of benzene rings is 3. The summed E-state index contributed by atoms with van der Waals surface area (Å²) in [5.41, 5.74) is 0.962. The van der Waals surface area contributed by atoms with Crippen molar-refractivity contribution in [3.63, 3.8) is 0 Å². The van der Waals surface area contributed by atoms with E-state index in [2.05, 4.69) is 26.1 Å². The quantitative estimate of drug-likeness (QED) is 0.114. The highest BCUT2D eigenvalue weighted by Crippen LogP contribution is 2.37. The van der Waals surface area contributed by atoms with Crippen molar-refractivity contribution in [2.24, 2.45) is 0 Å². The number of H-pyrrole nitrogens is 2. The number of aromatic carboxylic acids is 2. The summed E-state index contributed by atoms with van der Waals surface area (Å²) in [7, 11) is 0. The summed E-state index contributed by atoms with van der Waals surface area (Å²) < 4.78 is 14.9. The van der Waals surface area contributed by atoms with Crippen molar-refractivity contribution >= 4 is 33.8 Å². The number of aromatic nitrogens is 4. The lowest BCUT2D eigenvalue weighted by atomic mass is 9.89. The van der Waals surface area contributed by atoms with Gasteiger partial charge in [0.2, 0.25) is 0 Å². The van der Waals surface area contributed by atoms with E-state index in [4.69, 9.17) is 9.15 Å². The molecule has 6 aromatic rings. The Morgan fingerprint density at radius 1 is 0.765 bits per heavy atom. The van der Waals surface area contributed by atoms with Gasteiger partial charge in [-0.05, 0) is 94.4 Å². The molecular weight excluding hydrogens is 724 g/mol. The highest BCUT2D eigenvalue weighted by atomic mass is 79.9. The Hall–Kier alpha value is -6.15. The molecule has 0 unspecified atom stereocenters. The van der Waals surface area contributed by atoms with Crippen molar-refractivity contribution in [2.45, 2.75) is 39.7 Å². The number of halogens is 1. The van der Waals surface area contributed by atoms with Crippen LogP contribution in [0.1, 0.15) is 79.1 Å². The lowest BCUT2D eigenvalue weighted by Crippen LogP contribution is -2.25. The van der Waals surface area contributed by atoms with Crippen molar-refractivity contribution in [3.8, 4) is 22.7 Å². The molecule has 0 fully saturated rings. The Balaban J connectivity index is 1.57. The van der Waals surface area contributed by atoms with Crippen LogP contribution in [0.4, 0.5) is 0 Å². The van der Waals surface area contributed by atoms with Gasteiger partial charge in [-0.1, -0.05) is 28.1 Å². The number of hydrogen-bond donors (Lipinski definition) is 4. The van der Waals surface area contributed by atoms with Crippen LogP contribution in [-0.2, 0) is 4.74 Å². The van der Waals surface area contributed by atoms with E-state index in [9.17, 15) is 34.2 Å². The molecule has 14 heteroatoms. The number of nitrogens with one attached hydrogen (secondary N) is 2. The van der Waals surface area contributed by atoms with Crippen LogP contribution >= 0.6 is 15.9 Å². The number of carbonyl (C=O) groups is 3. The van der Waals surface area contributed by atoms with E-state index in [1.54, 1.807) is 70.2 Å². The third-order valence-electron chi connectivity index (χ3n) is 8.24. The molecule has 0 aliphatic heterocycles. The standard InChI is InChI=1S/C37H31BrN4O9/c1-18(2)50-37(49)27-17-23(38)11-12-26(27)28-13-14-29(51-28)32(30-19(3)39-41(33(30)43)24-9-5-7-21(15-24)35(45)46)31-20(4)40-42(34(31)44)25-10-6-8-22(16-25)36(47)48/h5-18,32,39-40H,1-4H3,(H,45,46)(H,47,48). The Morgan fingerprint density at radius 3 is 1.78 bits per heavy atom. The molecule has 3 heterocycles. The number of carboxylic acids is 2. The van der Waals surface area contributed by atoms with Crippen LogP contribution in [0, 0.1) is 13.8 Å². The van der Waals surface area contributed by atoms with Crippen LogP contribution < -0.4 is 11.1 Å². The van der Waals surface area contributed by atoms with Gasteiger partial charge in [0.25, 0.3) is 11.1 Å². The van der Waals surface area contributed by atoms with Gasteiger partial charge in [-0.2, -0.15) is 0 Å². The number of ether oxygens (including phenoxy) is 1. The Morgan fingerprint density at radius 2 is 1.29 bits per heavy atom. The summed E-state index contributed by atoms with van der Waals surface area (Å²) in [6, 6.07) is 19.9. The fourth-order valence-corrected chi connectivity index (χ4v) is 6.34. The van der Waals surface area contributed by atoms with Crippen molar-refractivity contribution < 1.29 is 33.8 Å². The average Bonchev–Trinajstić information content (AvgIpc) is 3.77. The lowest BCUT2D eigenvalue weighted by Gasteiger charge is -2.14. The minimum atomic E-state index is -1.17. The van der Waals surface area contributed by atoms with Crippen LogP contribution in [0.15, 0.2) is 97.3 Å². The number of esters is 1. The Kier molecular flexibility index (Phi) is 9.28. The highest BCUT2D eigenvalue weighted by molar-refractivity contribution is 9.10. The number of nitrogens with zero attached hydrogens (tertiary/aromatic N) is 2. The zero-order valence-corrected chi connectivity index (χ0v) is 29.3. The third kappa shape index (κ3) is 6.60. The first-order valence-corrected chi connectivity index (χ1v) is 16.5. The van der Waals surface area contributed by atoms with Crippen molar-refractivity contribution in [3.05, 3.63) is 149 Å². The second-order valence-electron chi connectivity index (χ2n) is 12.1. The second-order valence-corrected chi connectivity index (χ2v) is 13.0. The fourth-order valence-electron chi connectivity index (χ4n) is 5.98. The third-order valence-corrected chi connectivity index (χ3v) is 8.73. The number of aryl methyl sites for hydroxylation is 2. The molecule has 260 valence electrons. The summed E-state index contributed by atoms with van der Waals surface area (Å²) in [5, 5.41) is 25.2. The molecule has 0 atom stereocenters. The minimum absolute atomic E-state index is 0.0327. The first-order valence-electron chi connectivity index (χ1n) is 15.7. The lowest BCUT2D eigenvalue weighted by molar-refractivity contribution is 0.0378. The van der Waals surface area contributed by atoms with Crippen LogP contribution in [0.25, 0.3) is 22.7 Å². The van der Waals surface area contributed by atoms with Gasteiger partial charge in [-0.25, -0.2) is 23.7 Å². The first-order chi connectivity index (χ1) is 24.2. The van der Waals surface area contributed by atoms with Crippen molar-refractivity contribution in [2.75, 3.05) is 0 Å². The molecular formula is C37H31BrN4O9. The van der Waals surface area contributed by atoms with E-state index in [-0.39, 0.29) is 56.8 Å². The largest absolute Gasteiger partial charge is 0.478 e. The molecule has 0 saturated carbocycles. The van der Waals surface area contributed by atoms with Crippen LogP contribution in [-0.4, -0.2) is 53.8 Å². The van der Waals surface area contributed by atoms with Crippen LogP contribution in [0.5, 0.6) is 0 Å². The number of carboxylic acid groups (broad SMARTS) is 2. The van der Waals surface area contributed by atoms with E-state index in [1.165, 1.54) is 45.8 Å². The van der Waals surface area contributed by atoms with Crippen LogP contribution in [0.3, 0.4) is 0 Å². The highest BCUT2D eigenvalue weighted by Gasteiger charge is 2.34. The number of carbonyl (C=O) groups excluding carboxylic acids is 1. The molecule has 0 amide bonds. The minimum Gasteiger partial charge on any atom is -0.478 e. The van der Waals surface area contributed by atoms with Crippen molar-refractivity contribution in [1.82, 2.24) is 19.6 Å². The second kappa shape index (κ2) is 13.6. The zero-order valence-electron chi connectivity index (χ0n) is 27.7. The number of hydrogen-bond acceptors (Lipinski definition) is 7. The molecule has 3 aromatic heterocycles. The van der Waals surface area contributed by atoms with Crippen molar-refractivity contribution in [1.29, 1.82) is 0 Å². The summed E-state index contributed by atoms with van der Waals surface area (Å²) in [6.45, 7) is 6.77. The first kappa shape index (κ1) is 34.7.